The van der Waals surface area contributed by atoms with Gasteiger partial charge in [0.15, 0.2) is 0 Å². The normalized spacial score (nSPS) is 12.0. The number of benzene rings is 1. The zero-order valence-corrected chi connectivity index (χ0v) is 15.0. The lowest BCUT2D eigenvalue weighted by Crippen LogP contribution is -2.40. The van der Waals surface area contributed by atoms with E-state index in [1.54, 1.807) is 6.92 Å². The molecule has 0 bridgehead atoms. The number of amides is 2. The number of carbonyl (C=O) groups excluding carboxylic acids is 2. The second-order valence-electron chi connectivity index (χ2n) is 5.61. The molecule has 0 N–H and O–H groups in total. The number of alkyl halides is 3. The summed E-state index contributed by atoms with van der Waals surface area (Å²) in [5.41, 5.74) is -1.24. The fourth-order valence-corrected chi connectivity index (χ4v) is 2.14. The maximum absolute atomic E-state index is 13.4. The van der Waals surface area contributed by atoms with Gasteiger partial charge in [0.1, 0.15) is 0 Å². The largest absolute Gasteiger partial charge is 0.417 e. The minimum absolute atomic E-state index is 0.166. The molecule has 0 heterocycles. The van der Waals surface area contributed by atoms with Gasteiger partial charge in [0.05, 0.1) is 12.1 Å². The molecule has 25 heavy (non-hydrogen) atoms. The molecule has 1 rings (SSSR count). The van der Waals surface area contributed by atoms with Gasteiger partial charge in [0, 0.05) is 31.7 Å². The first-order valence-electron chi connectivity index (χ1n) is 7.60. The van der Waals surface area contributed by atoms with Crippen molar-refractivity contribution in [1.82, 2.24) is 9.80 Å². The van der Waals surface area contributed by atoms with Gasteiger partial charge in [-0.3, -0.25) is 9.59 Å². The number of rotatable bonds is 6. The third kappa shape index (κ3) is 6.42. The smallest absolute Gasteiger partial charge is 0.347 e. The van der Waals surface area contributed by atoms with Crippen molar-refractivity contribution in [2.24, 2.45) is 0 Å². The van der Waals surface area contributed by atoms with Crippen molar-refractivity contribution in [2.75, 3.05) is 27.2 Å². The third-order valence-corrected chi connectivity index (χ3v) is 3.61. The lowest BCUT2D eigenvalue weighted by Gasteiger charge is -2.23. The molecule has 0 aliphatic carbocycles. The maximum Gasteiger partial charge on any atom is 0.417 e. The van der Waals surface area contributed by atoms with Gasteiger partial charge >= 0.3 is 6.18 Å². The lowest BCUT2D eigenvalue weighted by atomic mass is 10.0. The molecule has 0 spiro atoms. The molecule has 0 aliphatic rings. The summed E-state index contributed by atoms with van der Waals surface area (Å²) in [4.78, 5) is 26.5. The van der Waals surface area contributed by atoms with Crippen LogP contribution in [-0.4, -0.2) is 55.0 Å². The van der Waals surface area contributed by atoms with E-state index in [-0.39, 0.29) is 24.6 Å². The van der Waals surface area contributed by atoms with E-state index in [1.165, 1.54) is 43.3 Å². The highest BCUT2D eigenvalue weighted by Gasteiger charge is 2.36. The van der Waals surface area contributed by atoms with E-state index in [9.17, 15) is 22.8 Å². The molecule has 1 aromatic carbocycles. The Morgan fingerprint density at radius 2 is 1.72 bits per heavy atom. The summed E-state index contributed by atoms with van der Waals surface area (Å²) in [7, 11) is 3.03. The van der Waals surface area contributed by atoms with Crippen LogP contribution in [0.4, 0.5) is 13.2 Å². The summed E-state index contributed by atoms with van der Waals surface area (Å²) in [5, 5.41) is 0.292. The SMILES string of the molecule is CCCN(CC(=O)N(C)C)C(=O)C=C(c1ccc(Cl)cc1)C(F)(F)F. The Morgan fingerprint density at radius 3 is 2.16 bits per heavy atom. The summed E-state index contributed by atoms with van der Waals surface area (Å²) >= 11 is 5.70. The average Bonchev–Trinajstić information content (AvgIpc) is 2.51. The molecule has 0 radical (unpaired) electrons. The van der Waals surface area contributed by atoms with Crippen molar-refractivity contribution < 1.29 is 22.8 Å². The summed E-state index contributed by atoms with van der Waals surface area (Å²) < 4.78 is 40.1. The van der Waals surface area contributed by atoms with E-state index in [0.717, 1.165) is 4.90 Å². The first-order chi connectivity index (χ1) is 11.6. The topological polar surface area (TPSA) is 40.6 Å². The molecule has 0 saturated heterocycles. The van der Waals surface area contributed by atoms with E-state index >= 15 is 0 Å². The van der Waals surface area contributed by atoms with Crippen LogP contribution in [0.1, 0.15) is 18.9 Å². The molecule has 138 valence electrons. The number of likely N-dealkylation sites (N-methyl/N-ethyl adjacent to an activating group) is 1. The van der Waals surface area contributed by atoms with E-state index in [0.29, 0.717) is 17.5 Å². The summed E-state index contributed by atoms with van der Waals surface area (Å²) in [6.07, 6.45) is -3.67. The van der Waals surface area contributed by atoms with Crippen molar-refractivity contribution in [1.29, 1.82) is 0 Å². The van der Waals surface area contributed by atoms with Gasteiger partial charge < -0.3 is 9.80 Å². The number of allylic oxidation sites excluding steroid dienone is 1. The molecule has 1 aromatic rings. The number of halogens is 4. The van der Waals surface area contributed by atoms with E-state index < -0.39 is 17.7 Å². The molecular weight excluding hydrogens is 357 g/mol. The Morgan fingerprint density at radius 1 is 1.16 bits per heavy atom. The molecule has 0 fully saturated rings. The molecule has 0 aromatic heterocycles. The van der Waals surface area contributed by atoms with Gasteiger partial charge in [-0.05, 0) is 24.1 Å². The van der Waals surface area contributed by atoms with Gasteiger partial charge in [-0.1, -0.05) is 30.7 Å². The first-order valence-corrected chi connectivity index (χ1v) is 7.98. The summed E-state index contributed by atoms with van der Waals surface area (Å²) in [5.74, 6) is -1.23. The molecule has 0 aliphatic heterocycles. The fraction of sp³-hybridized carbons (Fsp3) is 0.412. The predicted octanol–water partition coefficient (Wildman–Crippen LogP) is 3.61. The Kier molecular flexibility index (Phi) is 7.48. The second-order valence-corrected chi connectivity index (χ2v) is 6.05. The lowest BCUT2D eigenvalue weighted by molar-refractivity contribution is -0.136. The summed E-state index contributed by atoms with van der Waals surface area (Å²) in [6, 6.07) is 5.04. The number of hydrogen-bond acceptors (Lipinski definition) is 2. The van der Waals surface area contributed by atoms with Crippen molar-refractivity contribution in [3.05, 3.63) is 40.9 Å². The number of carbonyl (C=O) groups is 2. The van der Waals surface area contributed by atoms with E-state index in [1.807, 2.05) is 0 Å². The van der Waals surface area contributed by atoms with E-state index in [2.05, 4.69) is 0 Å². The maximum atomic E-state index is 13.4. The van der Waals surface area contributed by atoms with E-state index in [4.69, 9.17) is 11.6 Å². The fourth-order valence-electron chi connectivity index (χ4n) is 2.01. The Balaban J connectivity index is 3.18. The average molecular weight is 377 g/mol. The van der Waals surface area contributed by atoms with Crippen molar-refractivity contribution >= 4 is 29.0 Å². The van der Waals surface area contributed by atoms with Crippen LogP contribution in [0.5, 0.6) is 0 Å². The molecular formula is C17H20ClF3N2O2. The number of nitrogens with zero attached hydrogens (tertiary/aromatic N) is 2. The zero-order chi connectivity index (χ0) is 19.2. The summed E-state index contributed by atoms with van der Waals surface area (Å²) in [6.45, 7) is 1.68. The van der Waals surface area contributed by atoms with Crippen molar-refractivity contribution in [3.8, 4) is 0 Å². The number of hydrogen-bond donors (Lipinski definition) is 0. The van der Waals surface area contributed by atoms with Crippen LogP contribution in [0, 0.1) is 0 Å². The monoisotopic (exact) mass is 376 g/mol. The Bertz CT molecular complexity index is 640. The minimum Gasteiger partial charge on any atom is -0.347 e. The van der Waals surface area contributed by atoms with Crippen molar-refractivity contribution in [3.63, 3.8) is 0 Å². The zero-order valence-electron chi connectivity index (χ0n) is 14.2. The Labute approximate surface area is 149 Å². The van der Waals surface area contributed by atoms with Crippen LogP contribution in [0.15, 0.2) is 30.3 Å². The van der Waals surface area contributed by atoms with Crippen LogP contribution < -0.4 is 0 Å². The van der Waals surface area contributed by atoms with Gasteiger partial charge in [0.25, 0.3) is 0 Å². The van der Waals surface area contributed by atoms with Crippen molar-refractivity contribution in [2.45, 2.75) is 19.5 Å². The van der Waals surface area contributed by atoms with Gasteiger partial charge in [-0.2, -0.15) is 13.2 Å². The molecule has 0 saturated carbocycles. The van der Waals surface area contributed by atoms with Crippen LogP contribution in [0.25, 0.3) is 5.57 Å². The van der Waals surface area contributed by atoms with Gasteiger partial charge in [-0.25, -0.2) is 0 Å². The quantitative estimate of drug-likeness (QED) is 0.711. The highest BCUT2D eigenvalue weighted by molar-refractivity contribution is 6.30. The molecule has 0 atom stereocenters. The second kappa shape index (κ2) is 8.89. The standard InChI is InChI=1S/C17H20ClF3N2O2/c1-4-9-23(11-16(25)22(2)3)15(24)10-14(17(19,20)21)12-5-7-13(18)8-6-12/h5-8,10H,4,9,11H2,1-3H3. The van der Waals surface area contributed by atoms with Crippen LogP contribution in [0.2, 0.25) is 5.02 Å². The highest BCUT2D eigenvalue weighted by atomic mass is 35.5. The van der Waals surface area contributed by atoms with Gasteiger partial charge in [0.2, 0.25) is 11.8 Å². The van der Waals surface area contributed by atoms with Crippen LogP contribution >= 0.6 is 11.6 Å². The minimum atomic E-state index is -4.72. The van der Waals surface area contributed by atoms with Crippen LogP contribution in [-0.2, 0) is 9.59 Å². The predicted molar refractivity (Wildman–Crippen MR) is 91.0 cm³/mol. The van der Waals surface area contributed by atoms with Gasteiger partial charge in [-0.15, -0.1) is 0 Å². The molecule has 0 unspecified atom stereocenters. The molecule has 8 heteroatoms. The highest BCUT2D eigenvalue weighted by Crippen LogP contribution is 2.34. The third-order valence-electron chi connectivity index (χ3n) is 3.36. The molecule has 4 nitrogen and oxygen atoms in total. The Hall–Kier alpha value is -2.02. The first kappa shape index (κ1) is 21.0. The van der Waals surface area contributed by atoms with Crippen LogP contribution in [0.3, 0.4) is 0 Å². The molecule has 2 amide bonds.